The number of aryl methyl sites for hydroxylation is 1. The zero-order valence-corrected chi connectivity index (χ0v) is 9.96. The molecule has 1 heteroatoms. The maximum atomic E-state index is 6.23. The summed E-state index contributed by atoms with van der Waals surface area (Å²) in [7, 11) is 0. The van der Waals surface area contributed by atoms with Crippen LogP contribution in [0.25, 0.3) is 17.2 Å². The molecule has 0 nitrogen and oxygen atoms in total. The van der Waals surface area contributed by atoms with Gasteiger partial charge in [-0.05, 0) is 30.2 Å². The SMILES string of the molecule is C=Cc1ccccc1-c1cc(C)ccc1Cl. The fraction of sp³-hybridized carbons (Fsp3) is 0.0667. The summed E-state index contributed by atoms with van der Waals surface area (Å²) in [5, 5.41) is 0.778. The van der Waals surface area contributed by atoms with Crippen LogP contribution in [-0.4, -0.2) is 0 Å². The first kappa shape index (κ1) is 11.0. The van der Waals surface area contributed by atoms with Gasteiger partial charge in [0.1, 0.15) is 0 Å². The van der Waals surface area contributed by atoms with Gasteiger partial charge in [-0.15, -0.1) is 0 Å². The van der Waals surface area contributed by atoms with Gasteiger partial charge >= 0.3 is 0 Å². The van der Waals surface area contributed by atoms with Crippen LogP contribution in [0, 0.1) is 6.92 Å². The zero-order valence-electron chi connectivity index (χ0n) is 9.20. The molecular weight excluding hydrogens is 216 g/mol. The smallest absolute Gasteiger partial charge is 0.0484 e. The molecule has 80 valence electrons. The van der Waals surface area contributed by atoms with Crippen molar-refractivity contribution in [3.8, 4) is 11.1 Å². The normalized spacial score (nSPS) is 10.1. The van der Waals surface area contributed by atoms with E-state index in [1.165, 1.54) is 5.56 Å². The van der Waals surface area contributed by atoms with E-state index < -0.39 is 0 Å². The van der Waals surface area contributed by atoms with Crippen LogP contribution in [-0.2, 0) is 0 Å². The highest BCUT2D eigenvalue weighted by Gasteiger charge is 2.06. The lowest BCUT2D eigenvalue weighted by atomic mass is 9.98. The van der Waals surface area contributed by atoms with Crippen molar-refractivity contribution in [2.75, 3.05) is 0 Å². The number of hydrogen-bond acceptors (Lipinski definition) is 0. The Morgan fingerprint density at radius 2 is 1.81 bits per heavy atom. The van der Waals surface area contributed by atoms with Crippen molar-refractivity contribution in [1.82, 2.24) is 0 Å². The minimum Gasteiger partial charge on any atom is -0.0984 e. The molecule has 2 aromatic carbocycles. The second-order valence-electron chi connectivity index (χ2n) is 3.77. The van der Waals surface area contributed by atoms with Gasteiger partial charge in [-0.3, -0.25) is 0 Å². The average molecular weight is 229 g/mol. The topological polar surface area (TPSA) is 0 Å². The number of benzene rings is 2. The average Bonchev–Trinajstić information content (AvgIpc) is 2.32. The van der Waals surface area contributed by atoms with Crippen LogP contribution in [0.3, 0.4) is 0 Å². The number of hydrogen-bond donors (Lipinski definition) is 0. The number of rotatable bonds is 2. The standard InChI is InChI=1S/C15H13Cl/c1-3-12-6-4-5-7-13(12)14-10-11(2)8-9-15(14)16/h3-10H,1H2,2H3. The highest BCUT2D eigenvalue weighted by molar-refractivity contribution is 6.33. The minimum atomic E-state index is 0.778. The Morgan fingerprint density at radius 3 is 2.56 bits per heavy atom. The maximum Gasteiger partial charge on any atom is 0.0484 e. The fourth-order valence-corrected chi connectivity index (χ4v) is 1.99. The van der Waals surface area contributed by atoms with Crippen molar-refractivity contribution in [2.45, 2.75) is 6.92 Å². The van der Waals surface area contributed by atoms with Crippen LogP contribution >= 0.6 is 11.6 Å². The van der Waals surface area contributed by atoms with Crippen LogP contribution < -0.4 is 0 Å². The molecule has 2 rings (SSSR count). The van der Waals surface area contributed by atoms with Crippen molar-refractivity contribution in [3.63, 3.8) is 0 Å². The Balaban J connectivity index is 2.66. The molecule has 0 spiro atoms. The Labute approximate surface area is 101 Å². The third kappa shape index (κ3) is 2.02. The van der Waals surface area contributed by atoms with Crippen molar-refractivity contribution in [3.05, 3.63) is 65.2 Å². The monoisotopic (exact) mass is 228 g/mol. The van der Waals surface area contributed by atoms with Crippen LogP contribution in [0.15, 0.2) is 49.0 Å². The second kappa shape index (κ2) is 4.54. The summed E-state index contributed by atoms with van der Waals surface area (Å²) in [5.41, 5.74) is 4.51. The van der Waals surface area contributed by atoms with E-state index >= 15 is 0 Å². The van der Waals surface area contributed by atoms with Gasteiger partial charge in [0.05, 0.1) is 0 Å². The third-order valence-corrected chi connectivity index (χ3v) is 2.92. The van der Waals surface area contributed by atoms with Gasteiger partial charge in [-0.2, -0.15) is 0 Å². The summed E-state index contributed by atoms with van der Waals surface area (Å²) in [6.07, 6.45) is 1.86. The molecule has 2 aromatic rings. The molecule has 0 N–H and O–H groups in total. The lowest BCUT2D eigenvalue weighted by Crippen LogP contribution is -1.85. The minimum absolute atomic E-state index is 0.778. The highest BCUT2D eigenvalue weighted by atomic mass is 35.5. The van der Waals surface area contributed by atoms with Gasteiger partial charge in [-0.25, -0.2) is 0 Å². The summed E-state index contributed by atoms with van der Waals surface area (Å²) in [5.74, 6) is 0. The molecule has 0 saturated carbocycles. The van der Waals surface area contributed by atoms with Crippen molar-refractivity contribution < 1.29 is 0 Å². The van der Waals surface area contributed by atoms with E-state index in [2.05, 4.69) is 25.6 Å². The Hall–Kier alpha value is -1.53. The zero-order chi connectivity index (χ0) is 11.5. The van der Waals surface area contributed by atoms with Gasteiger partial charge < -0.3 is 0 Å². The highest BCUT2D eigenvalue weighted by Crippen LogP contribution is 2.31. The molecule has 0 aliphatic carbocycles. The van der Waals surface area contributed by atoms with Gasteiger partial charge in [0.2, 0.25) is 0 Å². The Bertz CT molecular complexity index is 527. The van der Waals surface area contributed by atoms with E-state index in [4.69, 9.17) is 11.6 Å². The van der Waals surface area contributed by atoms with Gasteiger partial charge in [-0.1, -0.05) is 60.2 Å². The van der Waals surface area contributed by atoms with Gasteiger partial charge in [0.15, 0.2) is 0 Å². The first-order valence-electron chi connectivity index (χ1n) is 5.20. The predicted octanol–water partition coefficient (Wildman–Crippen LogP) is 4.96. The first-order valence-corrected chi connectivity index (χ1v) is 5.58. The lowest BCUT2D eigenvalue weighted by molar-refractivity contribution is 1.46. The summed E-state index contributed by atoms with van der Waals surface area (Å²) in [4.78, 5) is 0. The molecule has 0 aliphatic heterocycles. The molecule has 0 unspecified atom stereocenters. The molecule has 0 aliphatic rings. The molecule has 0 aromatic heterocycles. The molecule has 0 radical (unpaired) electrons. The molecule has 0 heterocycles. The maximum absolute atomic E-state index is 6.23. The molecule has 0 amide bonds. The van der Waals surface area contributed by atoms with Gasteiger partial charge in [0, 0.05) is 10.6 Å². The molecule has 0 atom stereocenters. The predicted molar refractivity (Wildman–Crippen MR) is 71.7 cm³/mol. The largest absolute Gasteiger partial charge is 0.0984 e. The summed E-state index contributed by atoms with van der Waals surface area (Å²) < 4.78 is 0. The summed E-state index contributed by atoms with van der Waals surface area (Å²) >= 11 is 6.23. The number of halogens is 1. The van der Waals surface area contributed by atoms with E-state index in [-0.39, 0.29) is 0 Å². The Morgan fingerprint density at radius 1 is 1.06 bits per heavy atom. The van der Waals surface area contributed by atoms with Gasteiger partial charge in [0.25, 0.3) is 0 Å². The van der Waals surface area contributed by atoms with Crippen molar-refractivity contribution in [1.29, 1.82) is 0 Å². The summed E-state index contributed by atoms with van der Waals surface area (Å²) in [6.45, 7) is 5.89. The van der Waals surface area contributed by atoms with E-state index in [0.29, 0.717) is 0 Å². The third-order valence-electron chi connectivity index (χ3n) is 2.59. The van der Waals surface area contributed by atoms with E-state index in [0.717, 1.165) is 21.7 Å². The molecule has 0 fully saturated rings. The fourth-order valence-electron chi connectivity index (χ4n) is 1.77. The molecule has 0 saturated heterocycles. The van der Waals surface area contributed by atoms with Crippen LogP contribution in [0.1, 0.15) is 11.1 Å². The van der Waals surface area contributed by atoms with E-state index in [1.807, 2.05) is 36.4 Å². The first-order chi connectivity index (χ1) is 7.72. The summed E-state index contributed by atoms with van der Waals surface area (Å²) in [6, 6.07) is 14.2. The molecule has 0 bridgehead atoms. The van der Waals surface area contributed by atoms with Crippen molar-refractivity contribution >= 4 is 17.7 Å². The van der Waals surface area contributed by atoms with Crippen LogP contribution in [0.5, 0.6) is 0 Å². The van der Waals surface area contributed by atoms with Crippen LogP contribution in [0.2, 0.25) is 5.02 Å². The Kier molecular flexibility index (Phi) is 3.12. The lowest BCUT2D eigenvalue weighted by Gasteiger charge is -2.09. The van der Waals surface area contributed by atoms with E-state index in [1.54, 1.807) is 0 Å². The molecule has 16 heavy (non-hydrogen) atoms. The quantitative estimate of drug-likeness (QED) is 0.682. The molecular formula is C15H13Cl. The van der Waals surface area contributed by atoms with Crippen molar-refractivity contribution in [2.24, 2.45) is 0 Å². The van der Waals surface area contributed by atoms with E-state index in [9.17, 15) is 0 Å². The van der Waals surface area contributed by atoms with Crippen LogP contribution in [0.4, 0.5) is 0 Å². The second-order valence-corrected chi connectivity index (χ2v) is 4.18.